The van der Waals surface area contributed by atoms with Crippen molar-refractivity contribution in [1.29, 1.82) is 0 Å². The fourth-order valence-electron chi connectivity index (χ4n) is 2.12. The maximum absolute atomic E-state index is 12.9. The van der Waals surface area contributed by atoms with Crippen LogP contribution in [0.4, 0.5) is 13.2 Å². The zero-order valence-electron chi connectivity index (χ0n) is 11.4. The third-order valence-corrected chi connectivity index (χ3v) is 3.72. The monoisotopic (exact) mass is 357 g/mol. The quantitative estimate of drug-likeness (QED) is 0.626. The average molecular weight is 358 g/mol. The van der Waals surface area contributed by atoms with Crippen LogP contribution in [0.2, 0.25) is 10.0 Å². The van der Waals surface area contributed by atoms with Crippen LogP contribution in [0.25, 0.3) is 16.9 Å². The zero-order valence-corrected chi connectivity index (χ0v) is 12.9. The Morgan fingerprint density at radius 3 is 2.48 bits per heavy atom. The van der Waals surface area contributed by atoms with Crippen molar-refractivity contribution >= 4 is 23.2 Å². The minimum atomic E-state index is -4.44. The van der Waals surface area contributed by atoms with Crippen molar-refractivity contribution in [2.24, 2.45) is 0 Å². The SMILES string of the molecule is FC(F)(F)c1cccc(-n2nncc2-c2ccc(Cl)cc2Cl)c1. The van der Waals surface area contributed by atoms with Crippen molar-refractivity contribution in [3.05, 3.63) is 64.3 Å². The van der Waals surface area contributed by atoms with Gasteiger partial charge in [0.15, 0.2) is 0 Å². The van der Waals surface area contributed by atoms with Crippen LogP contribution in [0.3, 0.4) is 0 Å². The number of aromatic nitrogens is 3. The molecule has 118 valence electrons. The van der Waals surface area contributed by atoms with Crippen LogP contribution in [0.15, 0.2) is 48.7 Å². The highest BCUT2D eigenvalue weighted by Crippen LogP contribution is 2.33. The Kier molecular flexibility index (Phi) is 4.04. The summed E-state index contributed by atoms with van der Waals surface area (Å²) in [6, 6.07) is 9.66. The van der Waals surface area contributed by atoms with Crippen molar-refractivity contribution < 1.29 is 13.2 Å². The van der Waals surface area contributed by atoms with Crippen molar-refractivity contribution in [2.45, 2.75) is 6.18 Å². The van der Waals surface area contributed by atoms with Crippen LogP contribution >= 0.6 is 23.2 Å². The van der Waals surface area contributed by atoms with E-state index in [0.29, 0.717) is 21.3 Å². The Bertz CT molecular complexity index is 859. The van der Waals surface area contributed by atoms with Crippen LogP contribution in [0, 0.1) is 0 Å². The van der Waals surface area contributed by atoms with Crippen LogP contribution in [-0.4, -0.2) is 15.0 Å². The molecule has 0 saturated carbocycles. The molecule has 23 heavy (non-hydrogen) atoms. The fraction of sp³-hybridized carbons (Fsp3) is 0.0667. The molecular formula is C15H8Cl2F3N3. The maximum Gasteiger partial charge on any atom is 0.416 e. The predicted molar refractivity (Wildman–Crippen MR) is 81.8 cm³/mol. The van der Waals surface area contributed by atoms with Crippen LogP contribution in [-0.2, 0) is 6.18 Å². The summed E-state index contributed by atoms with van der Waals surface area (Å²) in [5.41, 5.74) is 0.501. The van der Waals surface area contributed by atoms with Crippen molar-refractivity contribution in [3.8, 4) is 16.9 Å². The largest absolute Gasteiger partial charge is 0.416 e. The Labute approximate surface area is 139 Å². The fourth-order valence-corrected chi connectivity index (χ4v) is 2.63. The molecule has 0 unspecified atom stereocenters. The Balaban J connectivity index is 2.12. The molecule has 3 aromatic rings. The third-order valence-electron chi connectivity index (χ3n) is 3.17. The molecular weight excluding hydrogens is 350 g/mol. The Morgan fingerprint density at radius 1 is 1.00 bits per heavy atom. The van der Waals surface area contributed by atoms with Gasteiger partial charge in [-0.05, 0) is 36.4 Å². The van der Waals surface area contributed by atoms with E-state index in [1.54, 1.807) is 18.2 Å². The second-order valence-electron chi connectivity index (χ2n) is 4.70. The van der Waals surface area contributed by atoms with Gasteiger partial charge in [-0.15, -0.1) is 5.10 Å². The second-order valence-corrected chi connectivity index (χ2v) is 5.55. The lowest BCUT2D eigenvalue weighted by Crippen LogP contribution is -2.07. The number of benzene rings is 2. The zero-order chi connectivity index (χ0) is 16.6. The van der Waals surface area contributed by atoms with Crippen LogP contribution < -0.4 is 0 Å². The highest BCUT2D eigenvalue weighted by molar-refractivity contribution is 6.36. The molecule has 0 aliphatic carbocycles. The molecule has 1 heterocycles. The van der Waals surface area contributed by atoms with E-state index in [9.17, 15) is 13.2 Å². The minimum Gasteiger partial charge on any atom is -0.213 e. The van der Waals surface area contributed by atoms with E-state index < -0.39 is 11.7 Å². The molecule has 2 aromatic carbocycles. The first kappa shape index (κ1) is 15.8. The summed E-state index contributed by atoms with van der Waals surface area (Å²) in [6.45, 7) is 0. The van der Waals surface area contributed by atoms with E-state index in [2.05, 4.69) is 10.3 Å². The highest BCUT2D eigenvalue weighted by atomic mass is 35.5. The summed E-state index contributed by atoms with van der Waals surface area (Å²) >= 11 is 12.0. The first-order chi connectivity index (χ1) is 10.9. The van der Waals surface area contributed by atoms with E-state index in [1.165, 1.54) is 23.0 Å². The lowest BCUT2D eigenvalue weighted by atomic mass is 10.1. The Hall–Kier alpha value is -2.05. The van der Waals surface area contributed by atoms with Gasteiger partial charge in [0, 0.05) is 10.6 Å². The van der Waals surface area contributed by atoms with Gasteiger partial charge in [-0.25, -0.2) is 4.68 Å². The maximum atomic E-state index is 12.9. The van der Waals surface area contributed by atoms with Crippen molar-refractivity contribution in [3.63, 3.8) is 0 Å². The number of nitrogens with zero attached hydrogens (tertiary/aromatic N) is 3. The number of halogens is 5. The molecule has 0 bridgehead atoms. The lowest BCUT2D eigenvalue weighted by Gasteiger charge is -2.11. The molecule has 0 atom stereocenters. The van der Waals surface area contributed by atoms with Crippen molar-refractivity contribution in [2.75, 3.05) is 0 Å². The number of hydrogen-bond acceptors (Lipinski definition) is 2. The van der Waals surface area contributed by atoms with Crippen LogP contribution in [0.1, 0.15) is 5.56 Å². The Morgan fingerprint density at radius 2 is 1.78 bits per heavy atom. The summed E-state index contributed by atoms with van der Waals surface area (Å²) in [6.07, 6.45) is -3.01. The van der Waals surface area contributed by atoms with E-state index in [-0.39, 0.29) is 5.69 Å². The number of rotatable bonds is 2. The predicted octanol–water partition coefficient (Wildman–Crippen LogP) is 5.26. The summed E-state index contributed by atoms with van der Waals surface area (Å²) in [5, 5.41) is 8.44. The van der Waals surface area contributed by atoms with Gasteiger partial charge in [0.25, 0.3) is 0 Å². The first-order valence-electron chi connectivity index (χ1n) is 6.40. The van der Waals surface area contributed by atoms with Crippen LogP contribution in [0.5, 0.6) is 0 Å². The van der Waals surface area contributed by atoms with Gasteiger partial charge in [0.05, 0.1) is 28.2 Å². The van der Waals surface area contributed by atoms with E-state index in [4.69, 9.17) is 23.2 Å². The summed E-state index contributed by atoms with van der Waals surface area (Å²) in [4.78, 5) is 0. The van der Waals surface area contributed by atoms with Gasteiger partial charge in [-0.2, -0.15) is 13.2 Å². The van der Waals surface area contributed by atoms with Gasteiger partial charge in [-0.1, -0.05) is 34.5 Å². The highest BCUT2D eigenvalue weighted by Gasteiger charge is 2.30. The standard InChI is InChI=1S/C15H8Cl2F3N3/c16-10-4-5-12(13(17)7-10)14-8-21-22-23(14)11-3-1-2-9(6-11)15(18,19)20/h1-8H. The topological polar surface area (TPSA) is 30.7 Å². The molecule has 0 radical (unpaired) electrons. The molecule has 0 N–H and O–H groups in total. The molecule has 3 rings (SSSR count). The van der Waals surface area contributed by atoms with Gasteiger partial charge in [0.2, 0.25) is 0 Å². The van der Waals surface area contributed by atoms with Gasteiger partial charge in [-0.3, -0.25) is 0 Å². The first-order valence-corrected chi connectivity index (χ1v) is 7.15. The second kappa shape index (κ2) is 5.86. The molecule has 0 aliphatic heterocycles. The smallest absolute Gasteiger partial charge is 0.213 e. The molecule has 0 amide bonds. The number of alkyl halides is 3. The summed E-state index contributed by atoms with van der Waals surface area (Å²) in [7, 11) is 0. The number of hydrogen-bond donors (Lipinski definition) is 0. The average Bonchev–Trinajstić information content (AvgIpc) is 2.96. The molecule has 3 nitrogen and oxygen atoms in total. The summed E-state index contributed by atoms with van der Waals surface area (Å²) < 4.78 is 39.9. The normalized spacial score (nSPS) is 11.7. The third kappa shape index (κ3) is 3.18. The lowest BCUT2D eigenvalue weighted by molar-refractivity contribution is -0.137. The summed E-state index contributed by atoms with van der Waals surface area (Å²) in [5.74, 6) is 0. The minimum absolute atomic E-state index is 0.235. The van der Waals surface area contributed by atoms with Gasteiger partial charge in [0.1, 0.15) is 0 Å². The molecule has 0 fully saturated rings. The molecule has 0 aliphatic rings. The van der Waals surface area contributed by atoms with Crippen molar-refractivity contribution in [1.82, 2.24) is 15.0 Å². The van der Waals surface area contributed by atoms with E-state index in [0.717, 1.165) is 12.1 Å². The van der Waals surface area contributed by atoms with Gasteiger partial charge < -0.3 is 0 Å². The van der Waals surface area contributed by atoms with E-state index in [1.807, 2.05) is 0 Å². The molecule has 1 aromatic heterocycles. The van der Waals surface area contributed by atoms with E-state index >= 15 is 0 Å². The molecule has 8 heteroatoms. The molecule has 0 spiro atoms. The van der Waals surface area contributed by atoms with Gasteiger partial charge >= 0.3 is 6.18 Å². The molecule has 0 saturated heterocycles.